The van der Waals surface area contributed by atoms with E-state index in [1.165, 1.54) is 0 Å². The van der Waals surface area contributed by atoms with Crippen LogP contribution in [0.2, 0.25) is 0 Å². The second-order valence-corrected chi connectivity index (χ2v) is 3.74. The van der Waals surface area contributed by atoms with Crippen LogP contribution in [-0.4, -0.2) is 23.7 Å². The summed E-state index contributed by atoms with van der Waals surface area (Å²) in [5.41, 5.74) is 1.04. The van der Waals surface area contributed by atoms with Gasteiger partial charge in [0.05, 0.1) is 0 Å². The van der Waals surface area contributed by atoms with Gasteiger partial charge in [-0.25, -0.2) is 0 Å². The minimum atomic E-state index is -0.897. The van der Waals surface area contributed by atoms with E-state index in [-0.39, 0.29) is 25.4 Å². The van der Waals surface area contributed by atoms with Crippen LogP contribution in [0.15, 0.2) is 36.4 Å². The molecule has 0 radical (unpaired) electrons. The van der Waals surface area contributed by atoms with Gasteiger partial charge in [0, 0.05) is 12.8 Å². The van der Waals surface area contributed by atoms with Gasteiger partial charge in [0.2, 0.25) is 0 Å². The maximum Gasteiger partial charge on any atom is 0.306 e. The van der Waals surface area contributed by atoms with Gasteiger partial charge in [0.25, 0.3) is 0 Å². The lowest BCUT2D eigenvalue weighted by molar-refractivity contribution is -0.142. The summed E-state index contributed by atoms with van der Waals surface area (Å²) in [6.07, 6.45) is 4.08. The van der Waals surface area contributed by atoms with E-state index in [2.05, 4.69) is 0 Å². The third kappa shape index (κ3) is 6.48. The molecule has 0 saturated carbocycles. The Morgan fingerprint density at radius 3 is 2.56 bits per heavy atom. The molecule has 0 bridgehead atoms. The second-order valence-electron chi connectivity index (χ2n) is 3.74. The van der Waals surface area contributed by atoms with Crippen LogP contribution in [0, 0.1) is 0 Å². The lowest BCUT2D eigenvalue weighted by Gasteiger charge is -2.00. The van der Waals surface area contributed by atoms with E-state index in [9.17, 15) is 9.59 Å². The standard InChI is InChI=1S/C14H16O4/c15-13(16)9-4-10-14(17)18-11-5-8-12-6-2-1-3-7-12/h1-3,5-8H,4,9-11H2,(H,15,16)/b8-5+. The van der Waals surface area contributed by atoms with Crippen molar-refractivity contribution in [1.82, 2.24) is 0 Å². The molecule has 1 rings (SSSR count). The fourth-order valence-electron chi connectivity index (χ4n) is 1.35. The first-order valence-corrected chi connectivity index (χ1v) is 5.77. The lowest BCUT2D eigenvalue weighted by Crippen LogP contribution is -2.05. The van der Waals surface area contributed by atoms with Crippen LogP contribution in [-0.2, 0) is 14.3 Å². The van der Waals surface area contributed by atoms with Gasteiger partial charge in [-0.1, -0.05) is 36.4 Å². The molecular formula is C14H16O4. The number of carboxylic acids is 1. The number of hydrogen-bond acceptors (Lipinski definition) is 3. The molecular weight excluding hydrogens is 232 g/mol. The highest BCUT2D eigenvalue weighted by atomic mass is 16.5. The minimum Gasteiger partial charge on any atom is -0.481 e. The zero-order chi connectivity index (χ0) is 13.2. The Morgan fingerprint density at radius 1 is 1.17 bits per heavy atom. The van der Waals surface area contributed by atoms with Gasteiger partial charge in [-0.15, -0.1) is 0 Å². The fourth-order valence-corrected chi connectivity index (χ4v) is 1.35. The average molecular weight is 248 g/mol. The van der Waals surface area contributed by atoms with E-state index in [1.807, 2.05) is 36.4 Å². The third-order valence-corrected chi connectivity index (χ3v) is 2.22. The van der Waals surface area contributed by atoms with Crippen LogP contribution in [0.1, 0.15) is 24.8 Å². The van der Waals surface area contributed by atoms with Crippen molar-refractivity contribution in [2.24, 2.45) is 0 Å². The highest BCUT2D eigenvalue weighted by molar-refractivity contribution is 5.71. The van der Waals surface area contributed by atoms with Gasteiger partial charge >= 0.3 is 11.9 Å². The second kappa shape index (κ2) is 8.06. The van der Waals surface area contributed by atoms with Crippen molar-refractivity contribution >= 4 is 18.0 Å². The van der Waals surface area contributed by atoms with Crippen LogP contribution >= 0.6 is 0 Å². The molecule has 0 saturated heterocycles. The smallest absolute Gasteiger partial charge is 0.306 e. The third-order valence-electron chi connectivity index (χ3n) is 2.22. The number of carbonyl (C=O) groups excluding carboxylic acids is 1. The molecule has 0 aliphatic carbocycles. The van der Waals surface area contributed by atoms with E-state index >= 15 is 0 Å². The quantitative estimate of drug-likeness (QED) is 0.753. The Kier molecular flexibility index (Phi) is 6.25. The van der Waals surface area contributed by atoms with E-state index in [0.29, 0.717) is 6.42 Å². The summed E-state index contributed by atoms with van der Waals surface area (Å²) in [5, 5.41) is 8.40. The van der Waals surface area contributed by atoms with E-state index in [0.717, 1.165) is 5.56 Å². The van der Waals surface area contributed by atoms with Crippen molar-refractivity contribution in [3.05, 3.63) is 42.0 Å². The Balaban J connectivity index is 2.15. The molecule has 0 aliphatic rings. The Labute approximate surface area is 106 Å². The molecule has 0 atom stereocenters. The zero-order valence-electron chi connectivity index (χ0n) is 10.0. The molecule has 0 heterocycles. The van der Waals surface area contributed by atoms with Gasteiger partial charge in [0.15, 0.2) is 0 Å². The van der Waals surface area contributed by atoms with Crippen LogP contribution in [0.4, 0.5) is 0 Å². The molecule has 0 unspecified atom stereocenters. The maximum atomic E-state index is 11.2. The summed E-state index contributed by atoms with van der Waals surface area (Å²) < 4.78 is 4.93. The molecule has 4 heteroatoms. The largest absolute Gasteiger partial charge is 0.481 e. The van der Waals surface area contributed by atoms with E-state index in [4.69, 9.17) is 9.84 Å². The SMILES string of the molecule is O=C(O)CCCC(=O)OC/C=C/c1ccccc1. The topological polar surface area (TPSA) is 63.6 Å². The summed E-state index contributed by atoms with van der Waals surface area (Å²) in [7, 11) is 0. The number of benzene rings is 1. The summed E-state index contributed by atoms with van der Waals surface area (Å²) in [4.78, 5) is 21.4. The number of esters is 1. The van der Waals surface area contributed by atoms with Gasteiger partial charge in [-0.3, -0.25) is 9.59 Å². The molecule has 0 spiro atoms. The van der Waals surface area contributed by atoms with Gasteiger partial charge in [-0.2, -0.15) is 0 Å². The minimum absolute atomic E-state index is 0.00501. The predicted molar refractivity (Wildman–Crippen MR) is 67.9 cm³/mol. The van der Waals surface area contributed by atoms with Crippen LogP contribution in [0.5, 0.6) is 0 Å². The van der Waals surface area contributed by atoms with Crippen molar-refractivity contribution in [2.75, 3.05) is 6.61 Å². The van der Waals surface area contributed by atoms with Crippen LogP contribution in [0.25, 0.3) is 6.08 Å². The highest BCUT2D eigenvalue weighted by Crippen LogP contribution is 2.01. The molecule has 4 nitrogen and oxygen atoms in total. The predicted octanol–water partition coefficient (Wildman–Crippen LogP) is 2.50. The highest BCUT2D eigenvalue weighted by Gasteiger charge is 2.03. The molecule has 1 aromatic carbocycles. The number of carbonyl (C=O) groups is 2. The molecule has 0 amide bonds. The van der Waals surface area contributed by atoms with Crippen molar-refractivity contribution in [1.29, 1.82) is 0 Å². The van der Waals surface area contributed by atoms with E-state index < -0.39 is 5.97 Å². The molecule has 1 N–H and O–H groups in total. The van der Waals surface area contributed by atoms with Gasteiger partial charge < -0.3 is 9.84 Å². The molecule has 0 aromatic heterocycles. The Bertz CT molecular complexity index is 409. The van der Waals surface area contributed by atoms with Crippen molar-refractivity contribution in [3.8, 4) is 0 Å². The molecule has 18 heavy (non-hydrogen) atoms. The van der Waals surface area contributed by atoms with Gasteiger partial charge in [-0.05, 0) is 18.1 Å². The Morgan fingerprint density at radius 2 is 1.89 bits per heavy atom. The first-order chi connectivity index (χ1) is 8.68. The first-order valence-electron chi connectivity index (χ1n) is 5.77. The summed E-state index contributed by atoms with van der Waals surface area (Å²) in [6.45, 7) is 0.209. The number of ether oxygens (including phenoxy) is 1. The normalized spacial score (nSPS) is 10.4. The summed E-state index contributed by atoms with van der Waals surface area (Å²) in [6, 6.07) is 9.69. The molecule has 0 fully saturated rings. The maximum absolute atomic E-state index is 11.2. The molecule has 0 aliphatic heterocycles. The van der Waals surface area contributed by atoms with Crippen molar-refractivity contribution < 1.29 is 19.4 Å². The number of aliphatic carboxylic acids is 1. The van der Waals surface area contributed by atoms with Crippen molar-refractivity contribution in [2.45, 2.75) is 19.3 Å². The first kappa shape index (κ1) is 14.0. The summed E-state index contributed by atoms with van der Waals surface area (Å²) >= 11 is 0. The Hall–Kier alpha value is -2.10. The molecule has 96 valence electrons. The number of hydrogen-bond donors (Lipinski definition) is 1. The number of rotatable bonds is 7. The van der Waals surface area contributed by atoms with E-state index in [1.54, 1.807) is 6.08 Å². The zero-order valence-corrected chi connectivity index (χ0v) is 10.0. The van der Waals surface area contributed by atoms with Crippen molar-refractivity contribution in [3.63, 3.8) is 0 Å². The van der Waals surface area contributed by atoms with Crippen LogP contribution in [0.3, 0.4) is 0 Å². The number of carboxylic acid groups (broad SMARTS) is 1. The molecule has 1 aromatic rings. The lowest BCUT2D eigenvalue weighted by atomic mass is 10.2. The monoisotopic (exact) mass is 248 g/mol. The fraction of sp³-hybridized carbons (Fsp3) is 0.286. The average Bonchev–Trinajstić information content (AvgIpc) is 2.35. The van der Waals surface area contributed by atoms with Gasteiger partial charge in [0.1, 0.15) is 6.61 Å². The van der Waals surface area contributed by atoms with Crippen LogP contribution < -0.4 is 0 Å². The summed E-state index contributed by atoms with van der Waals surface area (Å²) in [5.74, 6) is -1.26.